The molecule has 4 nitrogen and oxygen atoms in total. The predicted molar refractivity (Wildman–Crippen MR) is 79.4 cm³/mol. The molecule has 1 aromatic carbocycles. The van der Waals surface area contributed by atoms with Gasteiger partial charge in [-0.25, -0.2) is 8.42 Å². The summed E-state index contributed by atoms with van der Waals surface area (Å²) in [5.41, 5.74) is 0.118. The first kappa shape index (κ1) is 15.8. The van der Waals surface area contributed by atoms with Crippen LogP contribution in [0.3, 0.4) is 0 Å². The van der Waals surface area contributed by atoms with Crippen molar-refractivity contribution in [3.05, 3.63) is 29.8 Å². The lowest BCUT2D eigenvalue weighted by atomic mass is 9.85. The number of aliphatic hydroxyl groups is 1. The Morgan fingerprint density at radius 3 is 2.30 bits per heavy atom. The minimum absolute atomic E-state index is 0.0417. The van der Waals surface area contributed by atoms with Gasteiger partial charge in [0.2, 0.25) is 10.0 Å². The van der Waals surface area contributed by atoms with E-state index >= 15 is 0 Å². The van der Waals surface area contributed by atoms with Gasteiger partial charge in [-0.15, -0.1) is 11.6 Å². The van der Waals surface area contributed by atoms with Crippen LogP contribution in [-0.2, 0) is 16.4 Å². The number of alkyl halides is 1. The van der Waals surface area contributed by atoms with Crippen LogP contribution in [0.2, 0.25) is 0 Å². The highest BCUT2D eigenvalue weighted by molar-refractivity contribution is 7.89. The van der Waals surface area contributed by atoms with Crippen LogP contribution in [-0.4, -0.2) is 42.4 Å². The highest BCUT2D eigenvalue weighted by Gasteiger charge is 2.48. The highest BCUT2D eigenvalue weighted by Crippen LogP contribution is 2.33. The van der Waals surface area contributed by atoms with E-state index in [2.05, 4.69) is 0 Å². The second-order valence-electron chi connectivity index (χ2n) is 5.61. The number of sulfonamides is 1. The molecular formula is C14H20ClNO3S. The first-order valence-electron chi connectivity index (χ1n) is 6.67. The van der Waals surface area contributed by atoms with E-state index in [1.54, 1.807) is 24.3 Å². The number of halogens is 1. The third-order valence-corrected chi connectivity index (χ3v) is 5.91. The smallest absolute Gasteiger partial charge is 0.243 e. The molecule has 6 heteroatoms. The van der Waals surface area contributed by atoms with Gasteiger partial charge in [-0.3, -0.25) is 0 Å². The Morgan fingerprint density at radius 1 is 1.30 bits per heavy atom. The molecular weight excluding hydrogens is 298 g/mol. The Bertz CT molecular complexity index is 563. The zero-order valence-electron chi connectivity index (χ0n) is 11.7. The van der Waals surface area contributed by atoms with E-state index in [-0.39, 0.29) is 23.9 Å². The molecule has 1 N–H and O–H groups in total. The predicted octanol–water partition coefficient (Wildman–Crippen LogP) is 1.86. The van der Waals surface area contributed by atoms with Crippen LogP contribution >= 0.6 is 11.6 Å². The molecule has 1 aliphatic heterocycles. The summed E-state index contributed by atoms with van der Waals surface area (Å²) in [6, 6.07) is 6.77. The number of aryl methyl sites for hydroxylation is 1. The molecule has 1 aromatic rings. The molecule has 112 valence electrons. The lowest BCUT2D eigenvalue weighted by Gasteiger charge is -2.47. The quantitative estimate of drug-likeness (QED) is 0.843. The van der Waals surface area contributed by atoms with Gasteiger partial charge in [0.05, 0.1) is 10.5 Å². The minimum Gasteiger partial charge on any atom is -0.387 e. The zero-order chi connectivity index (χ0) is 15.0. The van der Waals surface area contributed by atoms with Gasteiger partial charge >= 0.3 is 0 Å². The summed E-state index contributed by atoms with van der Waals surface area (Å²) in [5.74, 6) is 0.555. The SMILES string of the molecule is CC(C)C1(O)CN(S(=O)(=O)c2ccc(CCCl)cc2)C1. The monoisotopic (exact) mass is 317 g/mol. The van der Waals surface area contributed by atoms with Crippen molar-refractivity contribution in [3.63, 3.8) is 0 Å². The van der Waals surface area contributed by atoms with Crippen LogP contribution in [0.5, 0.6) is 0 Å². The van der Waals surface area contributed by atoms with Crippen molar-refractivity contribution in [3.8, 4) is 0 Å². The van der Waals surface area contributed by atoms with Crippen molar-refractivity contribution >= 4 is 21.6 Å². The third-order valence-electron chi connectivity index (χ3n) is 3.92. The van der Waals surface area contributed by atoms with Crippen LogP contribution in [0.1, 0.15) is 19.4 Å². The molecule has 20 heavy (non-hydrogen) atoms. The fourth-order valence-corrected chi connectivity index (χ4v) is 3.97. The third kappa shape index (κ3) is 2.86. The first-order valence-corrected chi connectivity index (χ1v) is 8.64. The minimum atomic E-state index is -3.50. The highest BCUT2D eigenvalue weighted by atomic mass is 35.5. The number of hydrogen-bond acceptors (Lipinski definition) is 3. The van der Waals surface area contributed by atoms with Crippen LogP contribution in [0.4, 0.5) is 0 Å². The second kappa shape index (κ2) is 5.64. The number of rotatable bonds is 5. The van der Waals surface area contributed by atoms with E-state index in [0.29, 0.717) is 5.88 Å². The summed E-state index contributed by atoms with van der Waals surface area (Å²) >= 11 is 5.65. The van der Waals surface area contributed by atoms with E-state index < -0.39 is 15.6 Å². The van der Waals surface area contributed by atoms with Gasteiger partial charge in [-0.1, -0.05) is 26.0 Å². The van der Waals surface area contributed by atoms with Crippen molar-refractivity contribution in [2.24, 2.45) is 5.92 Å². The van der Waals surface area contributed by atoms with Gasteiger partial charge < -0.3 is 5.11 Å². The molecule has 0 radical (unpaired) electrons. The van der Waals surface area contributed by atoms with Gasteiger partial charge in [0.25, 0.3) is 0 Å². The van der Waals surface area contributed by atoms with Crippen molar-refractivity contribution in [1.29, 1.82) is 0 Å². The summed E-state index contributed by atoms with van der Waals surface area (Å²) in [6.07, 6.45) is 0.721. The van der Waals surface area contributed by atoms with E-state index in [1.165, 1.54) is 4.31 Å². The number of hydrogen-bond donors (Lipinski definition) is 1. The summed E-state index contributed by atoms with van der Waals surface area (Å²) in [4.78, 5) is 0.265. The summed E-state index contributed by atoms with van der Waals surface area (Å²) < 4.78 is 26.1. The number of nitrogens with zero attached hydrogens (tertiary/aromatic N) is 1. The van der Waals surface area contributed by atoms with Gasteiger partial charge in [-0.05, 0) is 30.0 Å². The lowest BCUT2D eigenvalue weighted by Crippen LogP contribution is -2.65. The normalized spacial score (nSPS) is 19.1. The Hall–Kier alpha value is -0.620. The first-order chi connectivity index (χ1) is 9.29. The fraction of sp³-hybridized carbons (Fsp3) is 0.571. The molecule has 1 heterocycles. The molecule has 0 spiro atoms. The standard InChI is InChI=1S/C14H20ClNO3S/c1-11(2)14(17)9-16(10-14)20(18,19)13-5-3-12(4-6-13)7-8-15/h3-6,11,17H,7-10H2,1-2H3. The van der Waals surface area contributed by atoms with E-state index in [9.17, 15) is 13.5 Å². The van der Waals surface area contributed by atoms with Crippen molar-refractivity contribution in [1.82, 2.24) is 4.31 Å². The Balaban J connectivity index is 2.12. The summed E-state index contributed by atoms with van der Waals surface area (Å²) in [6.45, 7) is 4.11. The number of benzene rings is 1. The zero-order valence-corrected chi connectivity index (χ0v) is 13.3. The lowest BCUT2D eigenvalue weighted by molar-refractivity contribution is -0.0932. The van der Waals surface area contributed by atoms with Gasteiger partial charge in [-0.2, -0.15) is 4.31 Å². The maximum Gasteiger partial charge on any atom is 0.243 e. The molecule has 0 amide bonds. The maximum atomic E-state index is 12.4. The van der Waals surface area contributed by atoms with Crippen molar-refractivity contribution in [2.75, 3.05) is 19.0 Å². The summed E-state index contributed by atoms with van der Waals surface area (Å²) in [5, 5.41) is 10.2. The molecule has 0 bridgehead atoms. The molecule has 0 aromatic heterocycles. The average molecular weight is 318 g/mol. The molecule has 1 aliphatic rings. The van der Waals surface area contributed by atoms with Crippen LogP contribution in [0.15, 0.2) is 29.2 Å². The Kier molecular flexibility index (Phi) is 4.44. The molecule has 1 saturated heterocycles. The molecule has 0 aliphatic carbocycles. The van der Waals surface area contributed by atoms with Crippen LogP contribution in [0, 0.1) is 5.92 Å². The van der Waals surface area contributed by atoms with Crippen molar-refractivity contribution in [2.45, 2.75) is 30.8 Å². The fourth-order valence-electron chi connectivity index (χ4n) is 2.19. The summed E-state index contributed by atoms with van der Waals surface area (Å²) in [7, 11) is -3.50. The number of β-amino-alcohol motifs (C(OH)–C–C–N with tert-alkyl or cyclic N) is 1. The molecule has 0 atom stereocenters. The van der Waals surface area contributed by atoms with Gasteiger partial charge in [0, 0.05) is 19.0 Å². The molecule has 2 rings (SSSR count). The van der Waals surface area contributed by atoms with E-state index in [4.69, 9.17) is 11.6 Å². The van der Waals surface area contributed by atoms with Gasteiger partial charge in [0.1, 0.15) is 0 Å². The van der Waals surface area contributed by atoms with E-state index in [0.717, 1.165) is 12.0 Å². The van der Waals surface area contributed by atoms with Crippen LogP contribution in [0.25, 0.3) is 0 Å². The largest absolute Gasteiger partial charge is 0.387 e. The average Bonchev–Trinajstić information content (AvgIpc) is 2.35. The Labute approximate surface area is 125 Å². The molecule has 1 fully saturated rings. The maximum absolute atomic E-state index is 12.4. The molecule has 0 saturated carbocycles. The van der Waals surface area contributed by atoms with E-state index in [1.807, 2.05) is 13.8 Å². The Morgan fingerprint density at radius 2 is 1.85 bits per heavy atom. The molecule has 0 unspecified atom stereocenters. The van der Waals surface area contributed by atoms with Crippen molar-refractivity contribution < 1.29 is 13.5 Å². The topological polar surface area (TPSA) is 57.6 Å². The van der Waals surface area contributed by atoms with Crippen LogP contribution < -0.4 is 0 Å². The van der Waals surface area contributed by atoms with Gasteiger partial charge in [0.15, 0.2) is 0 Å². The second-order valence-corrected chi connectivity index (χ2v) is 7.93.